The van der Waals surface area contributed by atoms with E-state index in [0.29, 0.717) is 37.2 Å². The predicted octanol–water partition coefficient (Wildman–Crippen LogP) is 8.25. The number of rotatable bonds is 15. The first kappa shape index (κ1) is 43.6. The van der Waals surface area contributed by atoms with Gasteiger partial charge in [0.15, 0.2) is 0 Å². The molecule has 0 bridgehead atoms. The molecule has 2 saturated heterocycles. The van der Waals surface area contributed by atoms with Crippen molar-refractivity contribution in [2.75, 3.05) is 27.4 Å². The smallest absolute Gasteiger partial charge is 0.407 e. The lowest BCUT2D eigenvalue weighted by atomic mass is 9.79. The van der Waals surface area contributed by atoms with Crippen molar-refractivity contribution in [1.82, 2.24) is 40.4 Å². The standard InChI is InChI=1S/C52H60N8O6/c1-29(2)45(58-52(64)66-4)50(62)59-27-30(28-65-3)21-43(59)47-53-25-40(55-47)34-15-11-32(12-16-34)33-13-17-35(18-14-33)41-26-54-48(56-41)44-24-39-23-42(39)60(44)51(63)46(57-49(61)36-19-20-36)38-10-6-9-37(22-38)31-7-5-8-31/h6,9-18,22,25-26,29-31,36,39,42-46H,5,7-8,19-21,23-24,27-28H2,1-4H3,(H,53,55)(H,54,56)(H,57,61)(H,58,64)/t30-,39+,42+,43-,44-,45-,46+/m0/s1. The minimum atomic E-state index is -0.739. The minimum absolute atomic E-state index is 0.00110. The number of nitrogens with zero attached hydrogens (tertiary/aromatic N) is 4. The molecule has 4 heterocycles. The number of fused-ring (bicyclic) bond motifs is 1. The van der Waals surface area contributed by atoms with Gasteiger partial charge >= 0.3 is 6.09 Å². The Morgan fingerprint density at radius 2 is 1.39 bits per heavy atom. The van der Waals surface area contributed by atoms with Crippen LogP contribution in [0.3, 0.4) is 0 Å². The number of alkyl carbamates (subject to hydrolysis) is 1. The topological polar surface area (TPSA) is 175 Å². The van der Waals surface area contributed by atoms with Crippen molar-refractivity contribution < 1.29 is 28.7 Å². The summed E-state index contributed by atoms with van der Waals surface area (Å²) in [4.78, 5) is 74.4. The fraction of sp³-hybridized carbons (Fsp3) is 0.462. The van der Waals surface area contributed by atoms with Crippen LogP contribution in [0.4, 0.5) is 4.79 Å². The number of hydrogen-bond acceptors (Lipinski definition) is 8. The Bertz CT molecular complexity index is 2580. The number of piperidine rings is 1. The molecule has 10 rings (SSSR count). The monoisotopic (exact) mass is 892 g/mol. The molecule has 14 heteroatoms. The maximum absolute atomic E-state index is 14.7. The van der Waals surface area contributed by atoms with Gasteiger partial charge in [-0.3, -0.25) is 14.4 Å². The highest BCUT2D eigenvalue weighted by Crippen LogP contribution is 2.54. The second kappa shape index (κ2) is 18.2. The zero-order valence-corrected chi connectivity index (χ0v) is 38.2. The lowest BCUT2D eigenvalue weighted by Gasteiger charge is -2.32. The molecule has 3 aromatic carbocycles. The summed E-state index contributed by atoms with van der Waals surface area (Å²) in [6.07, 6.45) is 10.9. The van der Waals surface area contributed by atoms with E-state index in [9.17, 15) is 19.2 Å². The summed E-state index contributed by atoms with van der Waals surface area (Å²) in [5.74, 6) is 2.18. The number of hydrogen-bond donors (Lipinski definition) is 4. The van der Waals surface area contributed by atoms with Crippen LogP contribution in [0.2, 0.25) is 0 Å². The number of carbonyl (C=O) groups excluding carboxylic acids is 4. The van der Waals surface area contributed by atoms with Crippen molar-refractivity contribution in [3.63, 3.8) is 0 Å². The van der Waals surface area contributed by atoms with E-state index in [1.54, 1.807) is 18.2 Å². The SMILES string of the molecule is COC[C@H]1C[C@@H](c2ncc(-c3ccc(-c4ccc(-c5cnc([C@@H]6C[C@H]7C[C@H]7N6C(=O)[C@H](NC(=O)C6CC6)c6cccc(C7CCC7)c6)[nH]5)cc4)cc3)[nH]2)N(C(=O)[C@@H](NC(=O)OC)C(C)C)C1. The second-order valence-corrected chi connectivity index (χ2v) is 19.5. The highest BCUT2D eigenvalue weighted by Gasteiger charge is 2.56. The molecular formula is C52H60N8O6. The summed E-state index contributed by atoms with van der Waals surface area (Å²) in [6, 6.07) is 23.3. The molecule has 0 radical (unpaired) electrons. The lowest BCUT2D eigenvalue weighted by Crippen LogP contribution is -2.51. The Kier molecular flexibility index (Phi) is 12.0. The van der Waals surface area contributed by atoms with Crippen molar-refractivity contribution >= 4 is 23.8 Å². The van der Waals surface area contributed by atoms with E-state index < -0.39 is 18.2 Å². The number of amides is 4. The summed E-state index contributed by atoms with van der Waals surface area (Å²) in [6.45, 7) is 4.81. The van der Waals surface area contributed by atoms with Crippen LogP contribution in [0.15, 0.2) is 85.2 Å². The number of aromatic nitrogens is 4. The van der Waals surface area contributed by atoms with Crippen LogP contribution in [0.25, 0.3) is 33.6 Å². The van der Waals surface area contributed by atoms with Crippen molar-refractivity contribution in [2.24, 2.45) is 23.7 Å². The molecule has 0 spiro atoms. The Morgan fingerprint density at radius 3 is 1.97 bits per heavy atom. The quantitative estimate of drug-likeness (QED) is 0.0813. The van der Waals surface area contributed by atoms with Crippen LogP contribution in [-0.2, 0) is 23.9 Å². The normalized spacial score (nSPS) is 23.3. The van der Waals surface area contributed by atoms with Crippen LogP contribution in [0.5, 0.6) is 0 Å². The molecule has 66 heavy (non-hydrogen) atoms. The largest absolute Gasteiger partial charge is 0.453 e. The Balaban J connectivity index is 0.819. The summed E-state index contributed by atoms with van der Waals surface area (Å²) in [5, 5.41) is 5.91. The van der Waals surface area contributed by atoms with E-state index in [4.69, 9.17) is 19.4 Å². The lowest BCUT2D eigenvalue weighted by molar-refractivity contribution is -0.139. The number of nitrogens with one attached hydrogen (secondary N) is 4. The summed E-state index contributed by atoms with van der Waals surface area (Å²) < 4.78 is 10.3. The number of H-pyrrole nitrogens is 2. The van der Waals surface area contributed by atoms with E-state index >= 15 is 0 Å². The molecule has 344 valence electrons. The van der Waals surface area contributed by atoms with Crippen molar-refractivity contribution in [3.05, 3.63) is 108 Å². The maximum atomic E-state index is 14.7. The maximum Gasteiger partial charge on any atom is 0.407 e. The Hall–Kier alpha value is -6.28. The van der Waals surface area contributed by atoms with Gasteiger partial charge in [0.05, 0.1) is 49.6 Å². The summed E-state index contributed by atoms with van der Waals surface area (Å²) >= 11 is 0. The van der Waals surface area contributed by atoms with Crippen molar-refractivity contribution in [3.8, 4) is 33.6 Å². The van der Waals surface area contributed by atoms with E-state index in [-0.39, 0.29) is 53.6 Å². The zero-order valence-electron chi connectivity index (χ0n) is 38.2. The molecule has 5 fully saturated rings. The molecule has 5 aliphatic rings. The van der Waals surface area contributed by atoms with Gasteiger partial charge in [-0.15, -0.1) is 0 Å². The first-order chi connectivity index (χ1) is 32.1. The zero-order chi connectivity index (χ0) is 45.6. The molecule has 4 amide bonds. The fourth-order valence-corrected chi connectivity index (χ4v) is 10.4. The Labute approximate surface area is 385 Å². The van der Waals surface area contributed by atoms with Gasteiger partial charge in [-0.2, -0.15) is 0 Å². The first-order valence-corrected chi connectivity index (χ1v) is 23.7. The highest BCUT2D eigenvalue weighted by molar-refractivity contribution is 5.91. The summed E-state index contributed by atoms with van der Waals surface area (Å²) in [7, 11) is 2.95. The van der Waals surface area contributed by atoms with Gasteiger partial charge in [0.25, 0.3) is 5.91 Å². The van der Waals surface area contributed by atoms with Crippen LogP contribution in [0, 0.1) is 23.7 Å². The van der Waals surface area contributed by atoms with Crippen molar-refractivity contribution in [1.29, 1.82) is 0 Å². The van der Waals surface area contributed by atoms with Gasteiger partial charge in [-0.1, -0.05) is 93.1 Å². The molecule has 5 aromatic rings. The third-order valence-electron chi connectivity index (χ3n) is 14.7. The molecule has 14 nitrogen and oxygen atoms in total. The molecule has 3 aliphatic carbocycles. The van der Waals surface area contributed by atoms with E-state index in [1.165, 1.54) is 31.9 Å². The van der Waals surface area contributed by atoms with Crippen LogP contribution < -0.4 is 10.6 Å². The number of carbonyl (C=O) groups is 4. The molecule has 2 aromatic heterocycles. The van der Waals surface area contributed by atoms with Crippen LogP contribution in [-0.4, -0.2) is 93.0 Å². The van der Waals surface area contributed by atoms with Crippen molar-refractivity contribution in [2.45, 2.75) is 101 Å². The average Bonchev–Trinajstić information content (AvgIpc) is 4.03. The van der Waals surface area contributed by atoms with Gasteiger partial charge in [-0.05, 0) is 96.1 Å². The molecule has 7 atom stereocenters. The number of ether oxygens (including phenoxy) is 2. The first-order valence-electron chi connectivity index (χ1n) is 23.7. The predicted molar refractivity (Wildman–Crippen MR) is 248 cm³/mol. The Morgan fingerprint density at radius 1 is 0.758 bits per heavy atom. The number of imidazole rings is 2. The number of benzene rings is 3. The molecule has 0 unspecified atom stereocenters. The van der Waals surface area contributed by atoms with Gasteiger partial charge < -0.3 is 39.9 Å². The van der Waals surface area contributed by atoms with E-state index in [2.05, 4.69) is 81.3 Å². The van der Waals surface area contributed by atoms with Crippen LogP contribution >= 0.6 is 0 Å². The highest BCUT2D eigenvalue weighted by atomic mass is 16.5. The summed E-state index contributed by atoms with van der Waals surface area (Å²) in [5.41, 5.74) is 7.94. The number of aromatic amines is 2. The number of methoxy groups -OCH3 is 2. The molecule has 3 saturated carbocycles. The molecule has 4 N–H and O–H groups in total. The van der Waals surface area contributed by atoms with Gasteiger partial charge in [-0.25, -0.2) is 14.8 Å². The van der Waals surface area contributed by atoms with Gasteiger partial charge in [0, 0.05) is 31.5 Å². The van der Waals surface area contributed by atoms with Crippen LogP contribution in [0.1, 0.15) is 112 Å². The third kappa shape index (κ3) is 8.75. The van der Waals surface area contributed by atoms with Gasteiger partial charge in [0.2, 0.25) is 11.8 Å². The minimum Gasteiger partial charge on any atom is -0.453 e. The fourth-order valence-electron chi connectivity index (χ4n) is 10.4. The molecular weight excluding hydrogens is 833 g/mol. The number of likely N-dealkylation sites (tertiary alicyclic amines) is 2. The second-order valence-electron chi connectivity index (χ2n) is 19.5. The van der Waals surface area contributed by atoms with E-state index in [1.807, 2.05) is 37.1 Å². The molecule has 2 aliphatic heterocycles. The van der Waals surface area contributed by atoms with E-state index in [0.717, 1.165) is 70.7 Å². The third-order valence-corrected chi connectivity index (χ3v) is 14.7. The van der Waals surface area contributed by atoms with Gasteiger partial charge in [0.1, 0.15) is 23.7 Å². The average molecular weight is 893 g/mol.